The largest absolute Gasteiger partial charge is 0.508 e. The average molecular weight is 380 g/mol. The highest BCUT2D eigenvalue weighted by Crippen LogP contribution is 2.31. The first-order valence-electron chi connectivity index (χ1n) is 10.4. The van der Waals surface area contributed by atoms with Crippen LogP contribution in [-0.2, 0) is 12.8 Å². The van der Waals surface area contributed by atoms with Gasteiger partial charge >= 0.3 is 0 Å². The van der Waals surface area contributed by atoms with E-state index >= 15 is 0 Å². The first kappa shape index (κ1) is 18.8. The molecule has 148 valence electrons. The summed E-state index contributed by atoms with van der Waals surface area (Å²) in [6.07, 6.45) is 7.05. The number of aromatic amines is 1. The summed E-state index contributed by atoms with van der Waals surface area (Å²) in [5, 5.41) is 9.68. The number of ketones is 1. The number of benzene rings is 1. The van der Waals surface area contributed by atoms with Crippen LogP contribution in [0.1, 0.15) is 76.2 Å². The van der Waals surface area contributed by atoms with E-state index in [0.29, 0.717) is 17.5 Å². The van der Waals surface area contributed by atoms with E-state index in [-0.39, 0.29) is 23.5 Å². The van der Waals surface area contributed by atoms with Gasteiger partial charge in [0, 0.05) is 30.4 Å². The number of H-pyrrole nitrogens is 1. The summed E-state index contributed by atoms with van der Waals surface area (Å²) in [5.74, 6) is 0.385. The lowest BCUT2D eigenvalue weighted by Crippen LogP contribution is -2.44. The summed E-state index contributed by atoms with van der Waals surface area (Å²) in [5.41, 5.74) is 4.09. The Morgan fingerprint density at radius 3 is 2.93 bits per heavy atom. The highest BCUT2D eigenvalue weighted by molar-refractivity contribution is 6.10. The number of hydrogen-bond acceptors (Lipinski definition) is 3. The minimum Gasteiger partial charge on any atom is -0.508 e. The van der Waals surface area contributed by atoms with Crippen molar-refractivity contribution in [2.45, 2.75) is 64.3 Å². The molecule has 0 saturated carbocycles. The number of hydrogen-bond donors (Lipinski definition) is 2. The second-order valence-corrected chi connectivity index (χ2v) is 8.11. The van der Waals surface area contributed by atoms with Gasteiger partial charge in [-0.1, -0.05) is 12.1 Å². The van der Waals surface area contributed by atoms with Gasteiger partial charge in [-0.05, 0) is 69.6 Å². The van der Waals surface area contributed by atoms with E-state index in [9.17, 15) is 14.7 Å². The average Bonchev–Trinajstić information content (AvgIpc) is 3.03. The lowest BCUT2D eigenvalue weighted by molar-refractivity contribution is 0.0597. The van der Waals surface area contributed by atoms with E-state index in [0.717, 1.165) is 68.4 Å². The Balaban J connectivity index is 1.55. The molecule has 1 aromatic carbocycles. The Kier molecular flexibility index (Phi) is 5.25. The zero-order chi connectivity index (χ0) is 19.7. The highest BCUT2D eigenvalue weighted by Gasteiger charge is 2.34. The molecule has 2 aliphatic rings. The maximum absolute atomic E-state index is 13.5. The van der Waals surface area contributed by atoms with Gasteiger partial charge in [0.1, 0.15) is 5.75 Å². The SMILES string of the molecule is Cc1[nH]c2c(c1C(=O)N1CCCCC1CCc1cccc(O)c1)C(=O)CCC2. The zero-order valence-corrected chi connectivity index (χ0v) is 16.5. The predicted molar refractivity (Wildman–Crippen MR) is 108 cm³/mol. The molecule has 1 aromatic heterocycles. The van der Waals surface area contributed by atoms with Gasteiger partial charge < -0.3 is 15.0 Å². The van der Waals surface area contributed by atoms with Crippen LogP contribution in [0.15, 0.2) is 24.3 Å². The summed E-state index contributed by atoms with van der Waals surface area (Å²) in [7, 11) is 0. The van der Waals surface area contributed by atoms with Crippen molar-refractivity contribution in [2.24, 2.45) is 0 Å². The van der Waals surface area contributed by atoms with Crippen LogP contribution in [0.3, 0.4) is 0 Å². The third-order valence-electron chi connectivity index (χ3n) is 6.15. The summed E-state index contributed by atoms with van der Waals surface area (Å²) >= 11 is 0. The minimum absolute atomic E-state index is 0.00542. The van der Waals surface area contributed by atoms with E-state index in [1.54, 1.807) is 12.1 Å². The van der Waals surface area contributed by atoms with E-state index < -0.39 is 0 Å². The molecule has 1 atom stereocenters. The van der Waals surface area contributed by atoms with Gasteiger partial charge in [-0.3, -0.25) is 9.59 Å². The van der Waals surface area contributed by atoms with Gasteiger partial charge in [-0.15, -0.1) is 0 Å². The lowest BCUT2D eigenvalue weighted by atomic mass is 9.91. The maximum Gasteiger partial charge on any atom is 0.256 e. The molecule has 1 fully saturated rings. The number of phenols is 1. The first-order valence-corrected chi connectivity index (χ1v) is 10.4. The van der Waals surface area contributed by atoms with Crippen LogP contribution in [0.4, 0.5) is 0 Å². The van der Waals surface area contributed by atoms with E-state index in [1.165, 1.54) is 0 Å². The van der Waals surface area contributed by atoms with E-state index in [2.05, 4.69) is 4.98 Å². The molecular weight excluding hydrogens is 352 g/mol. The Labute approximate surface area is 165 Å². The van der Waals surface area contributed by atoms with E-state index in [1.807, 2.05) is 24.0 Å². The van der Waals surface area contributed by atoms with Gasteiger partial charge in [0.05, 0.1) is 11.1 Å². The summed E-state index contributed by atoms with van der Waals surface area (Å²) in [4.78, 5) is 31.3. The highest BCUT2D eigenvalue weighted by atomic mass is 16.3. The molecule has 5 heteroatoms. The summed E-state index contributed by atoms with van der Waals surface area (Å²) in [6.45, 7) is 2.65. The van der Waals surface area contributed by atoms with Crippen LogP contribution in [0.25, 0.3) is 0 Å². The first-order chi connectivity index (χ1) is 13.5. The molecule has 1 aliphatic carbocycles. The van der Waals surface area contributed by atoms with E-state index in [4.69, 9.17) is 0 Å². The number of aromatic hydroxyl groups is 1. The molecule has 0 bridgehead atoms. The number of rotatable bonds is 4. The Bertz CT molecular complexity index is 899. The molecule has 1 unspecified atom stereocenters. The molecule has 1 amide bonds. The summed E-state index contributed by atoms with van der Waals surface area (Å²) in [6, 6.07) is 7.51. The molecule has 2 aromatic rings. The molecule has 1 aliphatic heterocycles. The van der Waals surface area contributed by atoms with Crippen molar-refractivity contribution < 1.29 is 14.7 Å². The van der Waals surface area contributed by atoms with Crippen molar-refractivity contribution in [3.05, 3.63) is 52.3 Å². The third-order valence-corrected chi connectivity index (χ3v) is 6.15. The number of nitrogens with one attached hydrogen (secondary N) is 1. The topological polar surface area (TPSA) is 73.4 Å². The van der Waals surface area contributed by atoms with Crippen molar-refractivity contribution >= 4 is 11.7 Å². The third kappa shape index (κ3) is 3.58. The number of nitrogens with zero attached hydrogens (tertiary/aromatic N) is 1. The zero-order valence-electron chi connectivity index (χ0n) is 16.5. The second-order valence-electron chi connectivity index (χ2n) is 8.11. The molecule has 0 spiro atoms. The second kappa shape index (κ2) is 7.82. The molecule has 0 radical (unpaired) electrons. The Morgan fingerprint density at radius 1 is 1.25 bits per heavy atom. The lowest BCUT2D eigenvalue weighted by Gasteiger charge is -2.36. The molecule has 5 nitrogen and oxygen atoms in total. The van der Waals surface area contributed by atoms with Crippen LogP contribution in [0.2, 0.25) is 0 Å². The van der Waals surface area contributed by atoms with Gasteiger partial charge in [0.25, 0.3) is 5.91 Å². The minimum atomic E-state index is 0.00542. The maximum atomic E-state index is 13.5. The number of fused-ring (bicyclic) bond motifs is 1. The number of amides is 1. The van der Waals surface area contributed by atoms with Crippen LogP contribution in [0, 0.1) is 6.92 Å². The van der Waals surface area contributed by atoms with Crippen LogP contribution >= 0.6 is 0 Å². The summed E-state index contributed by atoms with van der Waals surface area (Å²) < 4.78 is 0. The Hall–Kier alpha value is -2.56. The molecule has 1 saturated heterocycles. The van der Waals surface area contributed by atoms with Crippen molar-refractivity contribution in [2.75, 3.05) is 6.54 Å². The quantitative estimate of drug-likeness (QED) is 0.836. The molecular formula is C23H28N2O3. The number of carbonyl (C=O) groups is 2. The fourth-order valence-electron chi connectivity index (χ4n) is 4.76. The number of aromatic nitrogens is 1. The number of piperidine rings is 1. The van der Waals surface area contributed by atoms with Crippen molar-refractivity contribution in [3.63, 3.8) is 0 Å². The van der Waals surface area contributed by atoms with Crippen molar-refractivity contribution in [1.82, 2.24) is 9.88 Å². The van der Waals surface area contributed by atoms with Gasteiger partial charge in [-0.25, -0.2) is 0 Å². The number of Topliss-reactive ketones (excluding diaryl/α,β-unsaturated/α-hetero) is 1. The number of likely N-dealkylation sites (tertiary alicyclic amines) is 1. The van der Waals surface area contributed by atoms with Gasteiger partial charge in [0.15, 0.2) is 5.78 Å². The molecule has 2 heterocycles. The van der Waals surface area contributed by atoms with Crippen LogP contribution in [0.5, 0.6) is 5.75 Å². The number of phenolic OH excluding ortho intramolecular Hbond substituents is 1. The molecule has 28 heavy (non-hydrogen) atoms. The normalized spacial score (nSPS) is 19.5. The van der Waals surface area contributed by atoms with Crippen molar-refractivity contribution in [3.8, 4) is 5.75 Å². The van der Waals surface area contributed by atoms with Crippen molar-refractivity contribution in [1.29, 1.82) is 0 Å². The van der Waals surface area contributed by atoms with Gasteiger partial charge in [-0.2, -0.15) is 0 Å². The standard InChI is InChI=1S/C23H28N2O3/c1-15-21(22-19(24-15)9-5-10-20(22)27)23(28)25-13-3-2-7-17(25)12-11-16-6-4-8-18(26)14-16/h4,6,8,14,17,24,26H,2-3,5,7,9-13H2,1H3. The van der Waals surface area contributed by atoms with Gasteiger partial charge in [0.2, 0.25) is 0 Å². The smallest absolute Gasteiger partial charge is 0.256 e. The fourth-order valence-corrected chi connectivity index (χ4v) is 4.76. The van der Waals surface area contributed by atoms with Crippen LogP contribution in [-0.4, -0.2) is 39.3 Å². The molecule has 4 rings (SSSR count). The van der Waals surface area contributed by atoms with Crippen LogP contribution < -0.4 is 0 Å². The fraction of sp³-hybridized carbons (Fsp3) is 0.478. The monoisotopic (exact) mass is 380 g/mol. The number of carbonyl (C=O) groups excluding carboxylic acids is 2. The molecule has 2 N–H and O–H groups in total. The number of aryl methyl sites for hydroxylation is 3. The predicted octanol–water partition coefficient (Wildman–Crippen LogP) is 4.18. The Morgan fingerprint density at radius 2 is 2.11 bits per heavy atom.